The number of likely N-dealkylation sites (N-methyl/N-ethyl adjacent to an activating group) is 1. The maximum atomic E-state index is 2.46. The molecule has 1 aliphatic rings. The Morgan fingerprint density at radius 2 is 2.00 bits per heavy atom. The summed E-state index contributed by atoms with van der Waals surface area (Å²) < 4.78 is 1.06. The Morgan fingerprint density at radius 1 is 1.42 bits per heavy atom. The average molecular weight is 377 g/mol. The van der Waals surface area contributed by atoms with Crippen LogP contribution in [0.1, 0.15) is 47.5 Å². The van der Waals surface area contributed by atoms with Crippen molar-refractivity contribution in [1.82, 2.24) is 0 Å². The SMILES string of the molecule is CC[N+](C)(C)C(C)C=CC1C(C)=CCCC1(C)C.[I-]. The van der Waals surface area contributed by atoms with E-state index in [9.17, 15) is 0 Å². The highest BCUT2D eigenvalue weighted by Gasteiger charge is 2.31. The van der Waals surface area contributed by atoms with E-state index < -0.39 is 0 Å². The zero-order valence-electron chi connectivity index (χ0n) is 13.8. The molecule has 0 bridgehead atoms. The number of hydrogen-bond donors (Lipinski definition) is 0. The van der Waals surface area contributed by atoms with Gasteiger partial charge in [0.2, 0.25) is 0 Å². The van der Waals surface area contributed by atoms with E-state index in [2.05, 4.69) is 66.9 Å². The van der Waals surface area contributed by atoms with Crippen LogP contribution in [0.25, 0.3) is 0 Å². The number of allylic oxidation sites excluding steroid dienone is 3. The monoisotopic (exact) mass is 377 g/mol. The molecular formula is C17H32IN. The molecule has 0 saturated carbocycles. The van der Waals surface area contributed by atoms with E-state index in [1.807, 2.05) is 0 Å². The van der Waals surface area contributed by atoms with Gasteiger partial charge in [-0.1, -0.05) is 31.6 Å². The van der Waals surface area contributed by atoms with Crippen LogP contribution in [-0.4, -0.2) is 31.2 Å². The van der Waals surface area contributed by atoms with Gasteiger partial charge in [0.15, 0.2) is 0 Å². The molecule has 1 aliphatic carbocycles. The Kier molecular flexibility index (Phi) is 7.32. The molecule has 0 aromatic rings. The summed E-state index contributed by atoms with van der Waals surface area (Å²) in [6.07, 6.45) is 9.86. The van der Waals surface area contributed by atoms with Crippen LogP contribution in [0.15, 0.2) is 23.8 Å². The van der Waals surface area contributed by atoms with Gasteiger partial charge in [0.05, 0.1) is 20.6 Å². The van der Waals surface area contributed by atoms with E-state index in [1.165, 1.54) is 19.4 Å². The normalized spacial score (nSPS) is 24.8. The lowest BCUT2D eigenvalue weighted by molar-refractivity contribution is -0.904. The summed E-state index contributed by atoms with van der Waals surface area (Å²) in [6.45, 7) is 12.9. The van der Waals surface area contributed by atoms with Gasteiger partial charge >= 0.3 is 0 Å². The molecule has 0 heterocycles. The predicted molar refractivity (Wildman–Crippen MR) is 81.5 cm³/mol. The molecule has 2 heteroatoms. The largest absolute Gasteiger partial charge is 1.00 e. The van der Waals surface area contributed by atoms with E-state index in [0.29, 0.717) is 17.4 Å². The van der Waals surface area contributed by atoms with Crippen molar-refractivity contribution in [2.45, 2.75) is 53.5 Å². The fraction of sp³-hybridized carbons (Fsp3) is 0.765. The summed E-state index contributed by atoms with van der Waals surface area (Å²) in [5.74, 6) is 0.616. The van der Waals surface area contributed by atoms with E-state index in [-0.39, 0.29) is 24.0 Å². The molecular weight excluding hydrogens is 345 g/mol. The zero-order valence-corrected chi connectivity index (χ0v) is 16.0. The number of rotatable bonds is 4. The van der Waals surface area contributed by atoms with Crippen molar-refractivity contribution < 1.29 is 28.5 Å². The predicted octanol–water partition coefficient (Wildman–Crippen LogP) is 1.41. The molecule has 0 amide bonds. The maximum Gasteiger partial charge on any atom is 0.104 e. The van der Waals surface area contributed by atoms with Gasteiger partial charge in [0.25, 0.3) is 0 Å². The van der Waals surface area contributed by atoms with Gasteiger partial charge < -0.3 is 28.5 Å². The van der Waals surface area contributed by atoms with Gasteiger partial charge in [-0.25, -0.2) is 0 Å². The molecule has 2 unspecified atom stereocenters. The van der Waals surface area contributed by atoms with Crippen LogP contribution in [0, 0.1) is 11.3 Å². The van der Waals surface area contributed by atoms with Gasteiger partial charge in [-0.05, 0) is 45.1 Å². The molecule has 2 atom stereocenters. The van der Waals surface area contributed by atoms with E-state index in [0.717, 1.165) is 4.48 Å². The lowest BCUT2D eigenvalue weighted by atomic mass is 9.68. The quantitative estimate of drug-likeness (QED) is 0.395. The Hall–Kier alpha value is 0.170. The summed E-state index contributed by atoms with van der Waals surface area (Å²) in [4.78, 5) is 0. The van der Waals surface area contributed by atoms with Gasteiger partial charge in [0, 0.05) is 5.92 Å². The smallest absolute Gasteiger partial charge is 0.104 e. The molecule has 0 fully saturated rings. The molecule has 0 saturated heterocycles. The first-order chi connectivity index (χ1) is 8.20. The van der Waals surface area contributed by atoms with Gasteiger partial charge in [-0.2, -0.15) is 0 Å². The van der Waals surface area contributed by atoms with Crippen LogP contribution in [0.3, 0.4) is 0 Å². The third kappa shape index (κ3) is 4.89. The van der Waals surface area contributed by atoms with Crippen molar-refractivity contribution >= 4 is 0 Å². The van der Waals surface area contributed by atoms with Crippen molar-refractivity contribution in [2.24, 2.45) is 11.3 Å². The second kappa shape index (κ2) is 7.26. The van der Waals surface area contributed by atoms with E-state index in [1.54, 1.807) is 5.57 Å². The lowest BCUT2D eigenvalue weighted by Crippen LogP contribution is -3.00. The number of nitrogens with zero attached hydrogens (tertiary/aromatic N) is 1. The minimum atomic E-state index is 0. The minimum absolute atomic E-state index is 0. The molecule has 1 nitrogen and oxygen atoms in total. The molecule has 0 aromatic heterocycles. The summed E-state index contributed by atoms with van der Waals surface area (Å²) in [6, 6.07) is 0.584. The Balaban J connectivity index is 0.00000324. The Morgan fingerprint density at radius 3 is 2.47 bits per heavy atom. The van der Waals surface area contributed by atoms with Crippen LogP contribution in [0.4, 0.5) is 0 Å². The molecule has 19 heavy (non-hydrogen) atoms. The van der Waals surface area contributed by atoms with Crippen LogP contribution >= 0.6 is 0 Å². The second-order valence-electron chi connectivity index (χ2n) is 7.17. The summed E-state index contributed by atoms with van der Waals surface area (Å²) in [5.41, 5.74) is 1.97. The van der Waals surface area contributed by atoms with Gasteiger partial charge in [-0.15, -0.1) is 0 Å². The first-order valence-electron chi connectivity index (χ1n) is 7.38. The van der Waals surface area contributed by atoms with Crippen molar-refractivity contribution in [1.29, 1.82) is 0 Å². The Labute approximate surface area is 137 Å². The molecule has 1 rings (SSSR count). The zero-order chi connectivity index (χ0) is 14.0. The first-order valence-corrected chi connectivity index (χ1v) is 7.38. The highest BCUT2D eigenvalue weighted by molar-refractivity contribution is 5.19. The molecule has 112 valence electrons. The average Bonchev–Trinajstić information content (AvgIpc) is 2.27. The second-order valence-corrected chi connectivity index (χ2v) is 7.17. The topological polar surface area (TPSA) is 0 Å². The lowest BCUT2D eigenvalue weighted by Gasteiger charge is -2.38. The molecule has 0 N–H and O–H groups in total. The summed E-state index contributed by atoms with van der Waals surface area (Å²) in [7, 11) is 4.62. The summed E-state index contributed by atoms with van der Waals surface area (Å²) in [5, 5.41) is 0. The highest BCUT2D eigenvalue weighted by atomic mass is 127. The molecule has 0 radical (unpaired) electrons. The minimum Gasteiger partial charge on any atom is -1.00 e. The fourth-order valence-corrected chi connectivity index (χ4v) is 2.78. The Bertz CT molecular complexity index is 339. The fourth-order valence-electron chi connectivity index (χ4n) is 2.78. The first kappa shape index (κ1) is 19.2. The van der Waals surface area contributed by atoms with E-state index in [4.69, 9.17) is 0 Å². The van der Waals surface area contributed by atoms with Crippen LogP contribution in [-0.2, 0) is 0 Å². The number of hydrogen-bond acceptors (Lipinski definition) is 0. The summed E-state index contributed by atoms with van der Waals surface area (Å²) >= 11 is 0. The van der Waals surface area contributed by atoms with Gasteiger partial charge in [0.1, 0.15) is 6.04 Å². The van der Waals surface area contributed by atoms with Crippen LogP contribution in [0.5, 0.6) is 0 Å². The maximum absolute atomic E-state index is 2.46. The van der Waals surface area contributed by atoms with Crippen molar-refractivity contribution in [3.05, 3.63) is 23.8 Å². The molecule has 0 aliphatic heterocycles. The third-order valence-corrected chi connectivity index (χ3v) is 5.09. The van der Waals surface area contributed by atoms with Crippen molar-refractivity contribution in [3.8, 4) is 0 Å². The standard InChI is InChI=1S/C17H32N.HI/c1-8-18(6,7)15(3)11-12-16-14(2)10-9-13-17(16,4)5;/h10-12,15-16H,8-9,13H2,1-7H3;1H/q+1;/p-1. The number of halogens is 1. The van der Waals surface area contributed by atoms with Crippen LogP contribution < -0.4 is 24.0 Å². The van der Waals surface area contributed by atoms with E-state index >= 15 is 0 Å². The number of quaternary nitrogens is 1. The van der Waals surface area contributed by atoms with Crippen molar-refractivity contribution in [2.75, 3.05) is 20.6 Å². The van der Waals surface area contributed by atoms with Gasteiger partial charge in [-0.3, -0.25) is 0 Å². The van der Waals surface area contributed by atoms with Crippen molar-refractivity contribution in [3.63, 3.8) is 0 Å². The molecule has 0 spiro atoms. The van der Waals surface area contributed by atoms with Crippen LogP contribution in [0.2, 0.25) is 0 Å². The molecule has 0 aromatic carbocycles. The highest BCUT2D eigenvalue weighted by Crippen LogP contribution is 2.41. The third-order valence-electron chi connectivity index (χ3n) is 5.09.